The number of furan rings is 1. The molecule has 0 N–H and O–H groups in total. The number of hydrogen-bond donors (Lipinski definition) is 0. The van der Waals surface area contributed by atoms with E-state index in [0.717, 1.165) is 18.8 Å². The lowest BCUT2D eigenvalue weighted by Gasteiger charge is -2.37. The lowest BCUT2D eigenvalue weighted by Crippen LogP contribution is -2.47. The Morgan fingerprint density at radius 1 is 1.03 bits per heavy atom. The first-order chi connectivity index (χ1) is 18.5. The third kappa shape index (κ3) is 4.70. The van der Waals surface area contributed by atoms with Gasteiger partial charge in [-0.05, 0) is 48.5 Å². The highest BCUT2D eigenvalue weighted by Crippen LogP contribution is 2.35. The van der Waals surface area contributed by atoms with Crippen LogP contribution in [0.25, 0.3) is 11.7 Å². The van der Waals surface area contributed by atoms with Crippen LogP contribution in [0.5, 0.6) is 0 Å². The van der Waals surface area contributed by atoms with E-state index in [2.05, 4.69) is 9.80 Å². The fraction of sp³-hybridized carbons (Fsp3) is 0.185. The molecule has 2 fully saturated rings. The molecule has 0 bridgehead atoms. The van der Waals surface area contributed by atoms with E-state index in [-0.39, 0.29) is 18.0 Å². The molecule has 4 aromatic rings. The van der Waals surface area contributed by atoms with Crippen molar-refractivity contribution >= 4 is 69.0 Å². The molecule has 0 aliphatic carbocycles. The molecule has 11 heteroatoms. The van der Waals surface area contributed by atoms with E-state index in [1.54, 1.807) is 42.8 Å². The number of pyridine rings is 1. The quantitative estimate of drug-likeness (QED) is 0.256. The van der Waals surface area contributed by atoms with E-state index >= 15 is 0 Å². The number of piperazine rings is 1. The number of anilines is 2. The van der Waals surface area contributed by atoms with Crippen molar-refractivity contribution in [2.24, 2.45) is 0 Å². The summed E-state index contributed by atoms with van der Waals surface area (Å²) in [5, 5.41) is 0.695. The number of thioether (sulfide) groups is 1. The molecule has 0 radical (unpaired) electrons. The highest BCUT2D eigenvalue weighted by atomic mass is 35.5. The molecule has 2 saturated heterocycles. The monoisotopic (exact) mass is 563 g/mol. The van der Waals surface area contributed by atoms with Crippen LogP contribution in [-0.2, 0) is 11.3 Å². The Balaban J connectivity index is 1.34. The van der Waals surface area contributed by atoms with Gasteiger partial charge in [0.1, 0.15) is 21.5 Å². The molecule has 192 valence electrons. The minimum atomic E-state index is -0.259. The van der Waals surface area contributed by atoms with Gasteiger partial charge in [-0.3, -0.25) is 18.9 Å². The zero-order valence-electron chi connectivity index (χ0n) is 20.1. The minimum Gasteiger partial charge on any atom is -0.467 e. The normalized spacial score (nSPS) is 17.3. The first-order valence-corrected chi connectivity index (χ1v) is 13.6. The van der Waals surface area contributed by atoms with Crippen molar-refractivity contribution < 1.29 is 9.21 Å². The maximum Gasteiger partial charge on any atom is 0.267 e. The molecule has 1 aromatic carbocycles. The van der Waals surface area contributed by atoms with Crippen molar-refractivity contribution in [3.63, 3.8) is 0 Å². The smallest absolute Gasteiger partial charge is 0.267 e. The Morgan fingerprint density at radius 3 is 2.61 bits per heavy atom. The lowest BCUT2D eigenvalue weighted by molar-refractivity contribution is -0.122. The van der Waals surface area contributed by atoms with Crippen LogP contribution >= 0.6 is 35.6 Å². The van der Waals surface area contributed by atoms with E-state index < -0.39 is 0 Å². The van der Waals surface area contributed by atoms with Crippen molar-refractivity contribution in [1.29, 1.82) is 0 Å². The summed E-state index contributed by atoms with van der Waals surface area (Å²) in [7, 11) is 0. The number of fused-ring (bicyclic) bond motifs is 1. The van der Waals surface area contributed by atoms with Gasteiger partial charge in [0.05, 0.1) is 23.3 Å². The maximum absolute atomic E-state index is 13.7. The summed E-state index contributed by atoms with van der Waals surface area (Å²) in [5.41, 5.74) is 1.74. The predicted molar refractivity (Wildman–Crippen MR) is 155 cm³/mol. The van der Waals surface area contributed by atoms with Crippen LogP contribution in [0, 0.1) is 0 Å². The fourth-order valence-corrected chi connectivity index (χ4v) is 6.05. The molecule has 6 rings (SSSR count). The highest BCUT2D eigenvalue weighted by molar-refractivity contribution is 8.26. The van der Waals surface area contributed by atoms with Gasteiger partial charge in [0.15, 0.2) is 0 Å². The van der Waals surface area contributed by atoms with E-state index in [0.29, 0.717) is 50.1 Å². The van der Waals surface area contributed by atoms with Gasteiger partial charge >= 0.3 is 0 Å². The number of amides is 1. The Morgan fingerprint density at radius 2 is 1.84 bits per heavy atom. The molecular formula is C27H22ClN5O3S2. The van der Waals surface area contributed by atoms with Gasteiger partial charge in [0, 0.05) is 43.1 Å². The molecule has 2 aliphatic heterocycles. The Labute approximate surface area is 233 Å². The summed E-state index contributed by atoms with van der Waals surface area (Å²) in [6, 6.07) is 16.8. The highest BCUT2D eigenvalue weighted by Gasteiger charge is 2.34. The van der Waals surface area contributed by atoms with Crippen LogP contribution < -0.4 is 15.4 Å². The van der Waals surface area contributed by atoms with Crippen molar-refractivity contribution in [2.45, 2.75) is 6.54 Å². The Bertz CT molecular complexity index is 1630. The van der Waals surface area contributed by atoms with Gasteiger partial charge in [-0.2, -0.15) is 0 Å². The number of carbonyl (C=O) groups excluding carboxylic acids is 1. The molecule has 5 heterocycles. The van der Waals surface area contributed by atoms with E-state index in [4.69, 9.17) is 33.2 Å². The largest absolute Gasteiger partial charge is 0.467 e. The Hall–Kier alpha value is -3.60. The van der Waals surface area contributed by atoms with Gasteiger partial charge in [-0.15, -0.1) is 0 Å². The first-order valence-electron chi connectivity index (χ1n) is 12.0. The van der Waals surface area contributed by atoms with Gasteiger partial charge in [-0.1, -0.05) is 47.7 Å². The molecule has 0 spiro atoms. The summed E-state index contributed by atoms with van der Waals surface area (Å²) >= 11 is 12.9. The third-order valence-electron chi connectivity index (χ3n) is 6.54. The van der Waals surface area contributed by atoms with Crippen molar-refractivity contribution in [2.75, 3.05) is 36.0 Å². The average Bonchev–Trinajstić information content (AvgIpc) is 3.54. The molecule has 1 amide bonds. The summed E-state index contributed by atoms with van der Waals surface area (Å²) < 4.78 is 7.32. The van der Waals surface area contributed by atoms with Crippen molar-refractivity contribution in [1.82, 2.24) is 14.3 Å². The second kappa shape index (κ2) is 10.3. The van der Waals surface area contributed by atoms with Crippen LogP contribution in [0.4, 0.5) is 11.5 Å². The molecule has 0 unspecified atom stereocenters. The van der Waals surface area contributed by atoms with Crippen LogP contribution in [0.1, 0.15) is 11.3 Å². The van der Waals surface area contributed by atoms with Gasteiger partial charge in [0.25, 0.3) is 11.5 Å². The van der Waals surface area contributed by atoms with Crippen molar-refractivity contribution in [3.05, 3.63) is 98.7 Å². The number of thiocarbonyl (C=S) groups is 1. The summed E-state index contributed by atoms with van der Waals surface area (Å²) in [4.78, 5) is 38.0. The molecule has 8 nitrogen and oxygen atoms in total. The van der Waals surface area contributed by atoms with Crippen LogP contribution in [-0.4, -0.2) is 50.7 Å². The number of carbonyl (C=O) groups is 1. The van der Waals surface area contributed by atoms with Gasteiger partial charge < -0.3 is 14.2 Å². The fourth-order valence-electron chi connectivity index (χ4n) is 4.63. The molecule has 38 heavy (non-hydrogen) atoms. The Kier molecular flexibility index (Phi) is 6.69. The predicted octanol–water partition coefficient (Wildman–Crippen LogP) is 4.67. The second-order valence-electron chi connectivity index (χ2n) is 8.88. The van der Waals surface area contributed by atoms with Gasteiger partial charge in [-0.25, -0.2) is 4.98 Å². The van der Waals surface area contributed by atoms with Crippen LogP contribution in [0.2, 0.25) is 5.02 Å². The summed E-state index contributed by atoms with van der Waals surface area (Å²) in [6.07, 6.45) is 4.88. The molecule has 0 saturated carbocycles. The van der Waals surface area contributed by atoms with Crippen LogP contribution in [0.15, 0.2) is 81.2 Å². The number of nitrogens with zero attached hydrogens (tertiary/aromatic N) is 5. The molecule has 0 atom stereocenters. The number of aromatic nitrogens is 2. The molecule has 3 aromatic heterocycles. The zero-order valence-corrected chi connectivity index (χ0v) is 22.5. The standard InChI is InChI=1S/C27H22ClN5O3S2/c28-18-5-3-6-19(15-18)30-10-12-31(13-11-30)24-21(25(34)32-9-2-1-8-23(32)29-24)16-22-26(35)33(27(37)38-22)17-20-7-4-14-36-20/h1-9,14-16H,10-13,17H2/b22-16-. The zero-order chi connectivity index (χ0) is 26.2. The lowest BCUT2D eigenvalue weighted by atomic mass is 10.2. The average molecular weight is 564 g/mol. The van der Waals surface area contributed by atoms with E-state index in [9.17, 15) is 9.59 Å². The SMILES string of the molecule is O=C1/C(=C/c2c(N3CCN(c4cccc(Cl)c4)CC3)nc3ccccn3c2=O)SC(=S)N1Cc1ccco1. The third-order valence-corrected chi connectivity index (χ3v) is 8.16. The maximum atomic E-state index is 13.7. The van der Waals surface area contributed by atoms with Crippen molar-refractivity contribution in [3.8, 4) is 0 Å². The molecular weight excluding hydrogens is 542 g/mol. The van der Waals surface area contributed by atoms with Gasteiger partial charge in [0.2, 0.25) is 0 Å². The minimum absolute atomic E-state index is 0.237. The van der Waals surface area contributed by atoms with E-state index in [1.807, 2.05) is 30.3 Å². The first kappa shape index (κ1) is 24.7. The summed E-state index contributed by atoms with van der Waals surface area (Å²) in [6.45, 7) is 3.02. The summed E-state index contributed by atoms with van der Waals surface area (Å²) in [5.74, 6) is 0.933. The number of hydrogen-bond acceptors (Lipinski definition) is 8. The number of halogens is 1. The number of benzene rings is 1. The number of rotatable bonds is 5. The van der Waals surface area contributed by atoms with Crippen LogP contribution in [0.3, 0.4) is 0 Å². The molecule has 2 aliphatic rings. The topological polar surface area (TPSA) is 74.3 Å². The van der Waals surface area contributed by atoms with E-state index in [1.165, 1.54) is 21.1 Å². The second-order valence-corrected chi connectivity index (χ2v) is 11.0.